The number of carbonyl (C=O) groups is 10. The highest BCUT2D eigenvalue weighted by atomic mass is 79.9. The molecule has 0 radical (unpaired) electrons. The first-order valence-corrected chi connectivity index (χ1v) is 28.6. The SMILES string of the molecule is CN1CCN(C(=O)Oc2cc3c(c4ccccc24)[C@H](CBr)CC3C(=O)c2cc3cc(NC(=O)c4ccc(NC(=O)[C@H](CCCNC(N)=O)NC(=O)[C@H](CCCNC(N)=O)NCCNC(=O)CCCN5C(=O)C=CC5=O)cc4)ccc3[nH]2)CC1. The molecule has 0 saturated carbocycles. The van der Waals surface area contributed by atoms with Crippen LogP contribution in [-0.4, -0.2) is 162 Å². The monoisotopic (exact) mass is 1200 g/mol. The lowest BCUT2D eigenvalue weighted by Gasteiger charge is -2.31. The second-order valence-electron chi connectivity index (χ2n) is 20.6. The molecule has 5 aromatic rings. The van der Waals surface area contributed by atoms with E-state index in [1.807, 2.05) is 37.4 Å². The molecule has 12 N–H and O–H groups in total. The summed E-state index contributed by atoms with van der Waals surface area (Å²) in [6.45, 7) is 3.21. The number of carbonyl (C=O) groups excluding carboxylic acids is 10. The number of urea groups is 2. The Bertz CT molecular complexity index is 3290. The van der Waals surface area contributed by atoms with E-state index in [0.717, 1.165) is 39.9 Å². The molecule has 1 aliphatic carbocycles. The van der Waals surface area contributed by atoms with Crippen molar-refractivity contribution in [3.8, 4) is 5.75 Å². The number of amides is 11. The third-order valence-electron chi connectivity index (χ3n) is 14.8. The number of H-pyrrole nitrogens is 1. The Balaban J connectivity index is 0.883. The number of anilines is 2. The standard InChI is InChI=1S/C58H68BrN13O11/c1-70-25-27-71(28-26-70)58(82)83-47-32-41-42(30-36(33-59)51(41)40-8-3-2-7-39(40)47)52(76)46-31-35-29-38(16-17-43(35)68-46)67-53(77)34-12-14-37(15-13-34)66-55(79)45(10-5-21-65-57(61)81)69-54(78)44(9-4-20-64-56(60)80)62-22-23-63-48(73)11-6-24-72-49(74)18-19-50(72)75/h2-3,7-8,12-19,29,31-32,36,42,44-45,62,68H,4-6,9-11,20-28,30,33H2,1H3,(H,63,73)(H,66,79)(H,67,77)(H,69,78)(H3,60,64,80)(H3,61,65,81)/t36-,42?,44-,45-/m0/s1. The number of ketones is 1. The quantitative estimate of drug-likeness (QED) is 0.0160. The maximum atomic E-state index is 14.6. The Labute approximate surface area is 486 Å². The normalized spacial score (nSPS) is 16.5. The van der Waals surface area contributed by atoms with Crippen LogP contribution in [0.1, 0.15) is 88.8 Å². The van der Waals surface area contributed by atoms with Crippen molar-refractivity contribution in [3.05, 3.63) is 113 Å². The van der Waals surface area contributed by atoms with Crippen LogP contribution in [0, 0.1) is 0 Å². The number of piperazine rings is 1. The van der Waals surface area contributed by atoms with Gasteiger partial charge in [0.1, 0.15) is 11.8 Å². The number of nitrogens with two attached hydrogens (primary N) is 2. The average Bonchev–Trinajstić information content (AvgIpc) is 3.12. The van der Waals surface area contributed by atoms with E-state index in [0.29, 0.717) is 65.0 Å². The third-order valence-corrected chi connectivity index (χ3v) is 15.6. The maximum Gasteiger partial charge on any atom is 0.415 e. The van der Waals surface area contributed by atoms with Gasteiger partial charge in [-0.2, -0.15) is 0 Å². The summed E-state index contributed by atoms with van der Waals surface area (Å²) < 4.78 is 6.10. The lowest BCUT2D eigenvalue weighted by molar-refractivity contribution is -0.137. The summed E-state index contributed by atoms with van der Waals surface area (Å²) >= 11 is 3.70. The number of fused-ring (bicyclic) bond motifs is 4. The van der Waals surface area contributed by atoms with Crippen molar-refractivity contribution in [2.24, 2.45) is 11.5 Å². The number of alkyl halides is 1. The van der Waals surface area contributed by atoms with Crippen LogP contribution < -0.4 is 53.4 Å². The molecule has 1 fully saturated rings. The summed E-state index contributed by atoms with van der Waals surface area (Å²) in [7, 11) is 2.02. The Morgan fingerprint density at radius 1 is 0.723 bits per heavy atom. The fourth-order valence-electron chi connectivity index (χ4n) is 10.4. The summed E-state index contributed by atoms with van der Waals surface area (Å²) in [6.07, 6.45) is 3.62. The molecule has 25 heteroatoms. The molecule has 8 rings (SSSR count). The Morgan fingerprint density at radius 3 is 2.06 bits per heavy atom. The molecule has 0 bridgehead atoms. The molecule has 4 atom stereocenters. The summed E-state index contributed by atoms with van der Waals surface area (Å²) in [4.78, 5) is 136. The Morgan fingerprint density at radius 2 is 1.39 bits per heavy atom. The minimum Gasteiger partial charge on any atom is -0.410 e. The molecule has 2 aliphatic heterocycles. The van der Waals surface area contributed by atoms with Gasteiger partial charge in [-0.25, -0.2) is 14.4 Å². The van der Waals surface area contributed by atoms with Gasteiger partial charge >= 0.3 is 18.2 Å². The van der Waals surface area contributed by atoms with E-state index < -0.39 is 65.7 Å². The minimum absolute atomic E-state index is 0.0303. The van der Waals surface area contributed by atoms with Crippen molar-refractivity contribution in [2.45, 2.75) is 68.9 Å². The number of aromatic nitrogens is 1. The summed E-state index contributed by atoms with van der Waals surface area (Å²) in [6, 6.07) is 19.3. The number of benzene rings is 4. The number of imide groups is 1. The highest BCUT2D eigenvalue weighted by Gasteiger charge is 2.39. The van der Waals surface area contributed by atoms with Crippen LogP contribution in [0.3, 0.4) is 0 Å². The van der Waals surface area contributed by atoms with E-state index in [4.69, 9.17) is 16.2 Å². The molecule has 11 amide bonds. The molecule has 1 unspecified atom stereocenters. The molecule has 3 aliphatic rings. The zero-order chi connectivity index (χ0) is 59.2. The fourth-order valence-corrected chi connectivity index (χ4v) is 11.0. The minimum atomic E-state index is -1.12. The van der Waals surface area contributed by atoms with Crippen molar-refractivity contribution >= 4 is 108 Å². The lowest BCUT2D eigenvalue weighted by atomic mass is 9.92. The predicted molar refractivity (Wildman–Crippen MR) is 314 cm³/mol. The van der Waals surface area contributed by atoms with Crippen LogP contribution in [-0.2, 0) is 24.0 Å². The number of rotatable bonds is 26. The number of hydrogen-bond acceptors (Lipinski definition) is 13. The summed E-state index contributed by atoms with van der Waals surface area (Å²) in [5, 5.41) is 22.3. The third kappa shape index (κ3) is 15.9. The van der Waals surface area contributed by atoms with Gasteiger partial charge in [-0.05, 0) is 123 Å². The van der Waals surface area contributed by atoms with Crippen molar-refractivity contribution in [1.82, 2.24) is 46.3 Å². The second-order valence-corrected chi connectivity index (χ2v) is 21.3. The number of halogens is 1. The number of Topliss-reactive ketones (excluding diaryl/α,β-unsaturated/α-hetero) is 1. The molecular formula is C58H68BrN13O11. The Hall–Kier alpha value is -8.68. The van der Waals surface area contributed by atoms with E-state index in [1.165, 1.54) is 36.4 Å². The van der Waals surface area contributed by atoms with Gasteiger partial charge in [-0.15, -0.1) is 0 Å². The van der Waals surface area contributed by atoms with E-state index >= 15 is 0 Å². The molecule has 1 aromatic heterocycles. The first kappa shape index (κ1) is 60.4. The average molecular weight is 1200 g/mol. The fraction of sp³-hybridized carbons (Fsp3) is 0.379. The number of hydrogen-bond donors (Lipinski definition) is 10. The van der Waals surface area contributed by atoms with Crippen molar-refractivity contribution in [1.29, 1.82) is 0 Å². The zero-order valence-electron chi connectivity index (χ0n) is 45.9. The predicted octanol–water partition coefficient (Wildman–Crippen LogP) is 4.27. The van der Waals surface area contributed by atoms with E-state index in [1.54, 1.807) is 29.2 Å². The first-order valence-electron chi connectivity index (χ1n) is 27.5. The first-order chi connectivity index (χ1) is 40.0. The van der Waals surface area contributed by atoms with Gasteiger partial charge in [0, 0.05) is 122 Å². The van der Waals surface area contributed by atoms with Crippen molar-refractivity contribution in [2.75, 3.05) is 81.9 Å². The smallest absolute Gasteiger partial charge is 0.410 e. The van der Waals surface area contributed by atoms with E-state index in [-0.39, 0.29) is 88.0 Å². The van der Waals surface area contributed by atoms with E-state index in [9.17, 15) is 47.9 Å². The Kier molecular flexibility index (Phi) is 20.6. The van der Waals surface area contributed by atoms with Crippen LogP contribution in [0.15, 0.2) is 91.0 Å². The largest absolute Gasteiger partial charge is 0.415 e. The molecule has 438 valence electrons. The van der Waals surface area contributed by atoms with E-state index in [2.05, 4.69) is 63.0 Å². The van der Waals surface area contributed by atoms with Crippen LogP contribution in [0.4, 0.5) is 25.8 Å². The maximum absolute atomic E-state index is 14.6. The highest BCUT2D eigenvalue weighted by Crippen LogP contribution is 2.50. The number of nitrogens with one attached hydrogen (secondary N) is 8. The highest BCUT2D eigenvalue weighted by molar-refractivity contribution is 9.09. The van der Waals surface area contributed by atoms with Gasteiger partial charge in [0.25, 0.3) is 17.7 Å². The van der Waals surface area contributed by atoms with Gasteiger partial charge < -0.3 is 68.2 Å². The summed E-state index contributed by atoms with van der Waals surface area (Å²) in [5.74, 6) is -3.00. The molecule has 83 heavy (non-hydrogen) atoms. The molecule has 0 spiro atoms. The molecular weight excluding hydrogens is 1130 g/mol. The van der Waals surface area contributed by atoms with Crippen LogP contribution in [0.2, 0.25) is 0 Å². The van der Waals surface area contributed by atoms with Crippen LogP contribution >= 0.6 is 15.9 Å². The molecule has 4 aromatic carbocycles. The molecule has 1 saturated heterocycles. The van der Waals surface area contributed by atoms with Crippen LogP contribution in [0.25, 0.3) is 21.7 Å². The number of nitrogens with zero attached hydrogens (tertiary/aromatic N) is 3. The lowest BCUT2D eigenvalue weighted by Crippen LogP contribution is -2.52. The van der Waals surface area contributed by atoms with Gasteiger partial charge in [0.2, 0.25) is 17.7 Å². The topological polar surface area (TPSA) is 342 Å². The van der Waals surface area contributed by atoms with Crippen LogP contribution in [0.5, 0.6) is 5.75 Å². The number of likely N-dealkylation sites (N-methyl/N-ethyl adjacent to an activating group) is 1. The number of aromatic amines is 1. The van der Waals surface area contributed by atoms with Gasteiger partial charge in [0.15, 0.2) is 5.78 Å². The molecule has 3 heterocycles. The van der Waals surface area contributed by atoms with Crippen molar-refractivity contribution < 1.29 is 52.7 Å². The molecule has 24 nitrogen and oxygen atoms in total. The van der Waals surface area contributed by atoms with Gasteiger partial charge in [0.05, 0.1) is 11.7 Å². The second kappa shape index (κ2) is 28.3. The van der Waals surface area contributed by atoms with Gasteiger partial charge in [-0.1, -0.05) is 40.2 Å². The van der Waals surface area contributed by atoms with Gasteiger partial charge in [-0.3, -0.25) is 38.5 Å². The van der Waals surface area contributed by atoms with Crippen molar-refractivity contribution in [3.63, 3.8) is 0 Å². The number of primary amides is 2. The zero-order valence-corrected chi connectivity index (χ0v) is 47.4. The summed E-state index contributed by atoms with van der Waals surface area (Å²) in [5.41, 5.74) is 14.5. The number of ether oxygens (including phenoxy) is 1.